The maximum atomic E-state index is 5.07. The standard InChI is InChI=1S/C25H28N4/c1-4-17-8-5-6-9-20-19(17)12-13-22-25(20)28-24(29(22)3)15-14-23-26-16(2)18-10-7-11-21(18)27-23/h5-6,8-9,12-13,17H,4,7,10-11,14-15H2,1-3H3. The highest BCUT2D eigenvalue weighted by molar-refractivity contribution is 5.88. The van der Waals surface area contributed by atoms with Crippen LogP contribution in [0.1, 0.15) is 65.4 Å². The van der Waals surface area contributed by atoms with E-state index < -0.39 is 0 Å². The van der Waals surface area contributed by atoms with Gasteiger partial charge < -0.3 is 4.57 Å². The highest BCUT2D eigenvalue weighted by Gasteiger charge is 2.19. The molecule has 5 rings (SSSR count). The Morgan fingerprint density at radius 2 is 1.97 bits per heavy atom. The van der Waals surface area contributed by atoms with Gasteiger partial charge in [-0.05, 0) is 49.8 Å². The predicted molar refractivity (Wildman–Crippen MR) is 118 cm³/mol. The van der Waals surface area contributed by atoms with E-state index in [-0.39, 0.29) is 0 Å². The second kappa shape index (κ2) is 7.25. The Kier molecular flexibility index (Phi) is 4.57. The Hall–Kier alpha value is -2.75. The molecule has 148 valence electrons. The molecule has 0 spiro atoms. The van der Waals surface area contributed by atoms with Gasteiger partial charge >= 0.3 is 0 Å². The number of fused-ring (bicyclic) bond motifs is 4. The SMILES string of the molecule is CCC1C=CC=Cc2c1ccc1c2nc(CCc2nc(C)c3c(n2)CCC3)n1C. The van der Waals surface area contributed by atoms with Crippen LogP contribution >= 0.6 is 0 Å². The summed E-state index contributed by atoms with van der Waals surface area (Å²) in [6.45, 7) is 4.38. The lowest BCUT2D eigenvalue weighted by Gasteiger charge is -2.13. The molecule has 2 aliphatic rings. The molecule has 0 saturated heterocycles. The van der Waals surface area contributed by atoms with Crippen molar-refractivity contribution in [2.45, 2.75) is 58.3 Å². The van der Waals surface area contributed by atoms with Crippen LogP contribution in [0, 0.1) is 6.92 Å². The minimum Gasteiger partial charge on any atom is -0.331 e. The average Bonchev–Trinajstić information content (AvgIpc) is 3.25. The molecule has 1 unspecified atom stereocenters. The first-order valence-electron chi connectivity index (χ1n) is 10.8. The van der Waals surface area contributed by atoms with Crippen molar-refractivity contribution in [1.82, 2.24) is 19.5 Å². The lowest BCUT2D eigenvalue weighted by atomic mass is 9.92. The number of imidazole rings is 1. The minimum atomic E-state index is 0.456. The Labute approximate surface area is 172 Å². The fourth-order valence-electron chi connectivity index (χ4n) is 4.89. The van der Waals surface area contributed by atoms with E-state index in [2.05, 4.69) is 61.9 Å². The van der Waals surface area contributed by atoms with E-state index in [1.165, 1.54) is 40.0 Å². The summed E-state index contributed by atoms with van der Waals surface area (Å²) in [7, 11) is 2.13. The summed E-state index contributed by atoms with van der Waals surface area (Å²) < 4.78 is 2.24. The van der Waals surface area contributed by atoms with Crippen LogP contribution in [0.2, 0.25) is 0 Å². The van der Waals surface area contributed by atoms with Gasteiger partial charge in [-0.25, -0.2) is 15.0 Å². The quantitative estimate of drug-likeness (QED) is 0.634. The molecule has 4 nitrogen and oxygen atoms in total. The molecule has 0 aliphatic heterocycles. The monoisotopic (exact) mass is 384 g/mol. The van der Waals surface area contributed by atoms with Crippen molar-refractivity contribution in [3.63, 3.8) is 0 Å². The summed E-state index contributed by atoms with van der Waals surface area (Å²) in [6.07, 6.45) is 15.1. The van der Waals surface area contributed by atoms with Gasteiger partial charge in [0.25, 0.3) is 0 Å². The molecule has 4 heteroatoms. The number of nitrogens with zero attached hydrogens (tertiary/aromatic N) is 4. The van der Waals surface area contributed by atoms with Crippen LogP contribution in [0.5, 0.6) is 0 Å². The normalized spacial score (nSPS) is 17.6. The van der Waals surface area contributed by atoms with Gasteiger partial charge in [0.15, 0.2) is 0 Å². The molecule has 0 bridgehead atoms. The third kappa shape index (κ3) is 3.11. The Balaban J connectivity index is 1.48. The Bertz CT molecular complexity index is 1150. The first-order chi connectivity index (χ1) is 14.2. The van der Waals surface area contributed by atoms with Crippen LogP contribution in [0.25, 0.3) is 17.1 Å². The fraction of sp³-hybridized carbons (Fsp3) is 0.400. The second-order valence-corrected chi connectivity index (χ2v) is 8.29. The van der Waals surface area contributed by atoms with E-state index in [4.69, 9.17) is 15.0 Å². The molecule has 0 radical (unpaired) electrons. The lowest BCUT2D eigenvalue weighted by Crippen LogP contribution is -2.07. The van der Waals surface area contributed by atoms with E-state index in [0.717, 1.165) is 49.3 Å². The number of benzene rings is 1. The van der Waals surface area contributed by atoms with Crippen LogP contribution in [0.4, 0.5) is 0 Å². The third-order valence-electron chi connectivity index (χ3n) is 6.53. The van der Waals surface area contributed by atoms with Crippen LogP contribution in [-0.4, -0.2) is 19.5 Å². The molecular weight excluding hydrogens is 356 g/mol. The van der Waals surface area contributed by atoms with Crippen molar-refractivity contribution in [3.8, 4) is 0 Å². The molecule has 0 fully saturated rings. The number of aryl methyl sites for hydroxylation is 5. The molecule has 1 aromatic carbocycles. The first-order valence-corrected chi connectivity index (χ1v) is 10.8. The largest absolute Gasteiger partial charge is 0.331 e. The number of hydrogen-bond donors (Lipinski definition) is 0. The van der Waals surface area contributed by atoms with Crippen molar-refractivity contribution in [3.05, 3.63) is 70.1 Å². The van der Waals surface area contributed by atoms with Crippen LogP contribution in [0.3, 0.4) is 0 Å². The molecular formula is C25H28N4. The van der Waals surface area contributed by atoms with Crippen LogP contribution in [-0.2, 0) is 32.7 Å². The Morgan fingerprint density at radius 1 is 1.07 bits per heavy atom. The van der Waals surface area contributed by atoms with Crippen molar-refractivity contribution >= 4 is 17.1 Å². The van der Waals surface area contributed by atoms with Crippen molar-refractivity contribution < 1.29 is 0 Å². The molecule has 2 heterocycles. The van der Waals surface area contributed by atoms with E-state index >= 15 is 0 Å². The maximum absolute atomic E-state index is 5.07. The molecule has 0 N–H and O–H groups in total. The van der Waals surface area contributed by atoms with Gasteiger partial charge in [-0.3, -0.25) is 0 Å². The van der Waals surface area contributed by atoms with Gasteiger partial charge in [-0.15, -0.1) is 0 Å². The molecule has 29 heavy (non-hydrogen) atoms. The zero-order valence-corrected chi connectivity index (χ0v) is 17.6. The van der Waals surface area contributed by atoms with Crippen LogP contribution < -0.4 is 0 Å². The topological polar surface area (TPSA) is 43.6 Å². The number of hydrogen-bond acceptors (Lipinski definition) is 3. The van der Waals surface area contributed by atoms with E-state index in [1.54, 1.807) is 0 Å². The highest BCUT2D eigenvalue weighted by atomic mass is 15.1. The molecule has 0 saturated carbocycles. The predicted octanol–water partition coefficient (Wildman–Crippen LogP) is 5.02. The van der Waals surface area contributed by atoms with Crippen LogP contribution in [0.15, 0.2) is 30.4 Å². The fourth-order valence-corrected chi connectivity index (χ4v) is 4.89. The summed E-state index contributed by atoms with van der Waals surface area (Å²) in [5, 5.41) is 0. The van der Waals surface area contributed by atoms with Gasteiger partial charge in [-0.1, -0.05) is 37.3 Å². The average molecular weight is 385 g/mol. The smallest absolute Gasteiger partial charge is 0.129 e. The van der Waals surface area contributed by atoms with Crippen molar-refractivity contribution in [1.29, 1.82) is 0 Å². The van der Waals surface area contributed by atoms with Gasteiger partial charge in [0.05, 0.1) is 11.0 Å². The summed E-state index contributed by atoms with van der Waals surface area (Å²) >= 11 is 0. The van der Waals surface area contributed by atoms with Gasteiger partial charge in [0.2, 0.25) is 0 Å². The summed E-state index contributed by atoms with van der Waals surface area (Å²) in [6, 6.07) is 4.51. The summed E-state index contributed by atoms with van der Waals surface area (Å²) in [4.78, 5) is 14.7. The zero-order valence-electron chi connectivity index (χ0n) is 17.6. The number of allylic oxidation sites excluding steroid dienone is 3. The molecule has 1 atom stereocenters. The Morgan fingerprint density at radius 3 is 2.83 bits per heavy atom. The van der Waals surface area contributed by atoms with E-state index in [0.29, 0.717) is 5.92 Å². The summed E-state index contributed by atoms with van der Waals surface area (Å²) in [5.74, 6) is 2.52. The van der Waals surface area contributed by atoms with Gasteiger partial charge in [0, 0.05) is 42.8 Å². The number of aromatic nitrogens is 4. The van der Waals surface area contributed by atoms with Crippen molar-refractivity contribution in [2.75, 3.05) is 0 Å². The molecule has 3 aromatic rings. The maximum Gasteiger partial charge on any atom is 0.129 e. The van der Waals surface area contributed by atoms with E-state index in [1.807, 2.05) is 0 Å². The minimum absolute atomic E-state index is 0.456. The lowest BCUT2D eigenvalue weighted by molar-refractivity contribution is 0.749. The molecule has 2 aliphatic carbocycles. The summed E-state index contributed by atoms with van der Waals surface area (Å²) in [5.41, 5.74) is 8.78. The second-order valence-electron chi connectivity index (χ2n) is 8.29. The molecule has 2 aromatic heterocycles. The van der Waals surface area contributed by atoms with Crippen molar-refractivity contribution in [2.24, 2.45) is 7.05 Å². The highest BCUT2D eigenvalue weighted by Crippen LogP contribution is 2.33. The van der Waals surface area contributed by atoms with Gasteiger partial charge in [-0.2, -0.15) is 0 Å². The first kappa shape index (κ1) is 18.3. The number of rotatable bonds is 4. The zero-order chi connectivity index (χ0) is 20.0. The molecule has 0 amide bonds. The van der Waals surface area contributed by atoms with E-state index in [9.17, 15) is 0 Å². The van der Waals surface area contributed by atoms with Gasteiger partial charge in [0.1, 0.15) is 11.6 Å². The third-order valence-corrected chi connectivity index (χ3v) is 6.53.